The molecule has 0 aromatic carbocycles. The SMILES string of the molecule is NCC1CCC(=O)N1Cc1cscn1. The van der Waals surface area contributed by atoms with Crippen molar-refractivity contribution in [2.24, 2.45) is 5.73 Å². The van der Waals surface area contributed by atoms with Gasteiger partial charge in [0.15, 0.2) is 0 Å². The molecule has 4 nitrogen and oxygen atoms in total. The van der Waals surface area contributed by atoms with Crippen molar-refractivity contribution in [1.82, 2.24) is 9.88 Å². The molecule has 1 aliphatic rings. The third-order valence-electron chi connectivity index (χ3n) is 2.54. The minimum atomic E-state index is 0.202. The lowest BCUT2D eigenvalue weighted by atomic mass is 10.2. The van der Waals surface area contributed by atoms with Crippen molar-refractivity contribution in [3.63, 3.8) is 0 Å². The molecule has 14 heavy (non-hydrogen) atoms. The first-order valence-corrected chi connectivity index (χ1v) is 5.62. The maximum atomic E-state index is 11.5. The first-order valence-electron chi connectivity index (χ1n) is 4.68. The number of hydrogen-bond donors (Lipinski definition) is 1. The number of aromatic nitrogens is 1. The van der Waals surface area contributed by atoms with Gasteiger partial charge in [-0.15, -0.1) is 11.3 Å². The standard InChI is InChI=1S/C9H13N3OS/c10-3-8-1-2-9(13)12(8)4-7-5-14-6-11-7/h5-6,8H,1-4,10H2. The van der Waals surface area contributed by atoms with Gasteiger partial charge in [-0.05, 0) is 6.42 Å². The lowest BCUT2D eigenvalue weighted by Crippen LogP contribution is -2.37. The highest BCUT2D eigenvalue weighted by molar-refractivity contribution is 7.07. The van der Waals surface area contributed by atoms with Gasteiger partial charge in [0.1, 0.15) is 0 Å². The summed E-state index contributed by atoms with van der Waals surface area (Å²) in [6, 6.07) is 0.212. The van der Waals surface area contributed by atoms with Crippen molar-refractivity contribution >= 4 is 17.2 Å². The van der Waals surface area contributed by atoms with Crippen LogP contribution in [0.2, 0.25) is 0 Å². The van der Waals surface area contributed by atoms with Gasteiger partial charge in [-0.3, -0.25) is 4.79 Å². The highest BCUT2D eigenvalue weighted by atomic mass is 32.1. The number of nitrogens with zero attached hydrogens (tertiary/aromatic N) is 2. The van der Waals surface area contributed by atoms with Crippen LogP contribution >= 0.6 is 11.3 Å². The lowest BCUT2D eigenvalue weighted by molar-refractivity contribution is -0.129. The van der Waals surface area contributed by atoms with Gasteiger partial charge >= 0.3 is 0 Å². The third-order valence-corrected chi connectivity index (χ3v) is 3.18. The normalized spacial score (nSPS) is 21.9. The molecule has 1 atom stereocenters. The Morgan fingerprint density at radius 1 is 1.71 bits per heavy atom. The van der Waals surface area contributed by atoms with Gasteiger partial charge in [0.25, 0.3) is 0 Å². The quantitative estimate of drug-likeness (QED) is 0.796. The van der Waals surface area contributed by atoms with Crippen molar-refractivity contribution in [2.75, 3.05) is 6.54 Å². The maximum absolute atomic E-state index is 11.5. The van der Waals surface area contributed by atoms with Crippen LogP contribution in [0.15, 0.2) is 10.9 Å². The zero-order valence-electron chi connectivity index (χ0n) is 7.85. The third kappa shape index (κ3) is 1.78. The van der Waals surface area contributed by atoms with Gasteiger partial charge in [0.05, 0.1) is 17.7 Å². The molecule has 1 amide bonds. The summed E-state index contributed by atoms with van der Waals surface area (Å²) < 4.78 is 0. The van der Waals surface area contributed by atoms with Crippen LogP contribution in [-0.4, -0.2) is 28.4 Å². The molecule has 0 spiro atoms. The summed E-state index contributed by atoms with van der Waals surface area (Å²) in [6.45, 7) is 1.17. The van der Waals surface area contributed by atoms with Crippen molar-refractivity contribution < 1.29 is 4.79 Å². The Hall–Kier alpha value is -0.940. The lowest BCUT2D eigenvalue weighted by Gasteiger charge is -2.22. The molecule has 1 fully saturated rings. The zero-order chi connectivity index (χ0) is 9.97. The fraction of sp³-hybridized carbons (Fsp3) is 0.556. The van der Waals surface area contributed by atoms with Crippen LogP contribution in [0.4, 0.5) is 0 Å². The Morgan fingerprint density at radius 3 is 3.21 bits per heavy atom. The number of hydrogen-bond acceptors (Lipinski definition) is 4. The van der Waals surface area contributed by atoms with Gasteiger partial charge in [0, 0.05) is 24.4 Å². The number of thiazole rings is 1. The Kier molecular flexibility index (Phi) is 2.79. The highest BCUT2D eigenvalue weighted by Crippen LogP contribution is 2.20. The first-order chi connectivity index (χ1) is 6.81. The Balaban J connectivity index is 2.05. The van der Waals surface area contributed by atoms with E-state index >= 15 is 0 Å². The van der Waals surface area contributed by atoms with E-state index in [0.29, 0.717) is 19.5 Å². The van der Waals surface area contributed by atoms with Crippen LogP contribution in [0.1, 0.15) is 18.5 Å². The Labute approximate surface area is 86.7 Å². The molecule has 2 heterocycles. The molecule has 1 unspecified atom stereocenters. The molecular formula is C9H13N3OS. The summed E-state index contributed by atoms with van der Waals surface area (Å²) in [4.78, 5) is 17.5. The molecule has 76 valence electrons. The van der Waals surface area contributed by atoms with Gasteiger partial charge in [-0.25, -0.2) is 4.98 Å². The van der Waals surface area contributed by atoms with E-state index in [1.165, 1.54) is 0 Å². The summed E-state index contributed by atoms with van der Waals surface area (Å²) in [7, 11) is 0. The Morgan fingerprint density at radius 2 is 2.57 bits per heavy atom. The van der Waals surface area contributed by atoms with Gasteiger partial charge in [-0.2, -0.15) is 0 Å². The van der Waals surface area contributed by atoms with Gasteiger partial charge in [0.2, 0.25) is 5.91 Å². The molecule has 0 saturated carbocycles. The molecule has 5 heteroatoms. The fourth-order valence-electron chi connectivity index (χ4n) is 1.75. The molecule has 1 aromatic heterocycles. The predicted molar refractivity (Wildman–Crippen MR) is 54.7 cm³/mol. The van der Waals surface area contributed by atoms with Crippen LogP contribution in [0.5, 0.6) is 0 Å². The summed E-state index contributed by atoms with van der Waals surface area (Å²) in [6.07, 6.45) is 1.52. The molecule has 2 rings (SSSR count). The average molecular weight is 211 g/mol. The van der Waals surface area contributed by atoms with Crippen LogP contribution in [0.25, 0.3) is 0 Å². The number of carbonyl (C=O) groups is 1. The van der Waals surface area contributed by atoms with Crippen LogP contribution in [0, 0.1) is 0 Å². The second-order valence-corrected chi connectivity index (χ2v) is 4.15. The van der Waals surface area contributed by atoms with Gasteiger partial charge < -0.3 is 10.6 Å². The molecule has 0 bridgehead atoms. The summed E-state index contributed by atoms with van der Waals surface area (Å²) >= 11 is 1.55. The van der Waals surface area contributed by atoms with Crippen LogP contribution < -0.4 is 5.73 Å². The van der Waals surface area contributed by atoms with E-state index in [4.69, 9.17) is 5.73 Å². The molecule has 1 aromatic rings. The molecular weight excluding hydrogens is 198 g/mol. The number of carbonyl (C=O) groups excluding carboxylic acids is 1. The average Bonchev–Trinajstić information content (AvgIpc) is 2.79. The van der Waals surface area contributed by atoms with Crippen LogP contribution in [0.3, 0.4) is 0 Å². The van der Waals surface area contributed by atoms with Gasteiger partial charge in [-0.1, -0.05) is 0 Å². The summed E-state index contributed by atoms with van der Waals surface area (Å²) in [5, 5.41) is 1.97. The van der Waals surface area contributed by atoms with Crippen molar-refractivity contribution in [1.29, 1.82) is 0 Å². The minimum absolute atomic E-state index is 0.202. The highest BCUT2D eigenvalue weighted by Gasteiger charge is 2.29. The summed E-state index contributed by atoms with van der Waals surface area (Å²) in [5.74, 6) is 0.202. The number of nitrogens with two attached hydrogens (primary N) is 1. The molecule has 1 aliphatic heterocycles. The van der Waals surface area contributed by atoms with E-state index in [0.717, 1.165) is 12.1 Å². The van der Waals surface area contributed by atoms with E-state index in [1.54, 1.807) is 16.8 Å². The fourth-order valence-corrected chi connectivity index (χ4v) is 2.30. The number of amides is 1. The zero-order valence-corrected chi connectivity index (χ0v) is 8.67. The second kappa shape index (κ2) is 4.06. The first kappa shape index (κ1) is 9.61. The summed E-state index contributed by atoms with van der Waals surface area (Å²) in [5.41, 5.74) is 8.35. The number of likely N-dealkylation sites (tertiary alicyclic amines) is 1. The smallest absolute Gasteiger partial charge is 0.223 e. The monoisotopic (exact) mass is 211 g/mol. The predicted octanol–water partition coefficient (Wildman–Crippen LogP) is 0.593. The topological polar surface area (TPSA) is 59.2 Å². The Bertz CT molecular complexity index is 312. The van der Waals surface area contributed by atoms with Crippen molar-refractivity contribution in [2.45, 2.75) is 25.4 Å². The van der Waals surface area contributed by atoms with Crippen molar-refractivity contribution in [3.05, 3.63) is 16.6 Å². The maximum Gasteiger partial charge on any atom is 0.223 e. The van der Waals surface area contributed by atoms with Crippen molar-refractivity contribution in [3.8, 4) is 0 Å². The molecule has 0 radical (unpaired) electrons. The minimum Gasteiger partial charge on any atom is -0.332 e. The molecule has 1 saturated heterocycles. The van der Waals surface area contributed by atoms with E-state index in [2.05, 4.69) is 4.98 Å². The van der Waals surface area contributed by atoms with E-state index in [1.807, 2.05) is 10.3 Å². The molecule has 2 N–H and O–H groups in total. The van der Waals surface area contributed by atoms with E-state index in [-0.39, 0.29) is 11.9 Å². The van der Waals surface area contributed by atoms with Crippen LogP contribution in [-0.2, 0) is 11.3 Å². The molecule has 0 aliphatic carbocycles. The van der Waals surface area contributed by atoms with E-state index < -0.39 is 0 Å². The largest absolute Gasteiger partial charge is 0.332 e. The number of rotatable bonds is 3. The second-order valence-electron chi connectivity index (χ2n) is 3.43. The van der Waals surface area contributed by atoms with E-state index in [9.17, 15) is 4.79 Å².